The molecule has 1 amide bonds. The number of aromatic nitrogens is 2. The maximum Gasteiger partial charge on any atom is 0.267 e. The van der Waals surface area contributed by atoms with Gasteiger partial charge < -0.3 is 10.6 Å². The average molecular weight is 356 g/mol. The predicted molar refractivity (Wildman–Crippen MR) is 96.9 cm³/mol. The molecule has 7 heteroatoms. The summed E-state index contributed by atoms with van der Waals surface area (Å²) < 4.78 is 1.60. The number of amides is 1. The fourth-order valence-corrected chi connectivity index (χ4v) is 4.60. The molecule has 1 saturated heterocycles. The molecule has 4 rings (SSSR count). The minimum atomic E-state index is -0.235. The van der Waals surface area contributed by atoms with Gasteiger partial charge in [-0.05, 0) is 18.0 Å². The van der Waals surface area contributed by atoms with E-state index in [9.17, 15) is 9.59 Å². The van der Waals surface area contributed by atoms with Crippen molar-refractivity contribution in [2.24, 2.45) is 11.7 Å². The molecule has 2 aliphatic heterocycles. The van der Waals surface area contributed by atoms with Crippen LogP contribution >= 0.6 is 11.8 Å². The zero-order valence-corrected chi connectivity index (χ0v) is 14.6. The van der Waals surface area contributed by atoms with Crippen molar-refractivity contribution in [3.63, 3.8) is 0 Å². The third-order valence-corrected chi connectivity index (χ3v) is 6.02. The maximum absolute atomic E-state index is 12.9. The van der Waals surface area contributed by atoms with Crippen LogP contribution in [0.15, 0.2) is 46.5 Å². The third-order valence-electron chi connectivity index (χ3n) is 5.05. The van der Waals surface area contributed by atoms with Crippen molar-refractivity contribution < 1.29 is 4.79 Å². The number of carbonyl (C=O) groups excluding carboxylic acids is 1. The van der Waals surface area contributed by atoms with E-state index in [1.54, 1.807) is 21.2 Å². The van der Waals surface area contributed by atoms with Gasteiger partial charge in [-0.25, -0.2) is 4.98 Å². The smallest absolute Gasteiger partial charge is 0.267 e. The van der Waals surface area contributed by atoms with E-state index in [4.69, 9.17) is 5.73 Å². The minimum Gasteiger partial charge on any atom is -0.337 e. The molecule has 0 unspecified atom stereocenters. The summed E-state index contributed by atoms with van der Waals surface area (Å²) >= 11 is 1.55. The second kappa shape index (κ2) is 6.65. The van der Waals surface area contributed by atoms with Crippen LogP contribution in [-0.2, 0) is 6.54 Å². The standard InChI is InChI=1S/C18H20N4O2S/c19-8-13-10-21(11-15(13)12-4-2-1-3-5-12)16(23)14-9-20-18-22(17(14)24)6-7-25-18/h1-5,9,13,15H,6-8,10-11,19H2/t13-,15+/m1/s1. The summed E-state index contributed by atoms with van der Waals surface area (Å²) in [5.41, 5.74) is 7.07. The fraction of sp³-hybridized carbons (Fsp3) is 0.389. The van der Waals surface area contributed by atoms with Gasteiger partial charge in [0.25, 0.3) is 11.5 Å². The molecule has 2 aliphatic rings. The molecule has 0 aliphatic carbocycles. The molecule has 1 aromatic carbocycles. The van der Waals surface area contributed by atoms with Gasteiger partial charge in [0.05, 0.1) is 0 Å². The second-order valence-electron chi connectivity index (χ2n) is 6.48. The maximum atomic E-state index is 12.9. The van der Waals surface area contributed by atoms with Crippen molar-refractivity contribution in [1.29, 1.82) is 0 Å². The van der Waals surface area contributed by atoms with E-state index >= 15 is 0 Å². The Morgan fingerprint density at radius 3 is 2.84 bits per heavy atom. The highest BCUT2D eigenvalue weighted by Gasteiger charge is 2.36. The van der Waals surface area contributed by atoms with Crippen LogP contribution in [0.5, 0.6) is 0 Å². The molecule has 0 spiro atoms. The SMILES string of the molecule is NC[C@@H]1CN(C(=O)c2cnc3n(c2=O)CCS3)C[C@H]1c1ccccc1. The summed E-state index contributed by atoms with van der Waals surface area (Å²) in [7, 11) is 0. The molecule has 2 atom stereocenters. The summed E-state index contributed by atoms with van der Waals surface area (Å²) in [5, 5.41) is 0.699. The van der Waals surface area contributed by atoms with Crippen LogP contribution in [0.2, 0.25) is 0 Å². The minimum absolute atomic E-state index is 0.163. The lowest BCUT2D eigenvalue weighted by molar-refractivity contribution is 0.0783. The van der Waals surface area contributed by atoms with Gasteiger partial charge in [-0.1, -0.05) is 42.1 Å². The molecular weight excluding hydrogens is 336 g/mol. The molecule has 130 valence electrons. The number of hydrogen-bond donors (Lipinski definition) is 1. The Morgan fingerprint density at radius 1 is 1.28 bits per heavy atom. The highest BCUT2D eigenvalue weighted by molar-refractivity contribution is 7.99. The van der Waals surface area contributed by atoms with E-state index in [1.807, 2.05) is 18.2 Å². The first-order chi connectivity index (χ1) is 12.2. The number of nitrogens with zero attached hydrogens (tertiary/aromatic N) is 3. The Labute approximate surface area is 150 Å². The second-order valence-corrected chi connectivity index (χ2v) is 7.54. The highest BCUT2D eigenvalue weighted by Crippen LogP contribution is 2.32. The lowest BCUT2D eigenvalue weighted by atomic mass is 9.89. The number of benzene rings is 1. The summed E-state index contributed by atoms with van der Waals surface area (Å²) in [6, 6.07) is 10.1. The summed E-state index contributed by atoms with van der Waals surface area (Å²) in [5.74, 6) is 0.999. The molecule has 3 heterocycles. The van der Waals surface area contributed by atoms with Gasteiger partial charge in [-0.3, -0.25) is 14.2 Å². The number of fused-ring (bicyclic) bond motifs is 1. The number of thioether (sulfide) groups is 1. The molecule has 2 aromatic rings. The zero-order valence-electron chi connectivity index (χ0n) is 13.8. The van der Waals surface area contributed by atoms with E-state index in [1.165, 1.54) is 11.8 Å². The Hall–Kier alpha value is -2.12. The molecular formula is C18H20N4O2S. The van der Waals surface area contributed by atoms with Gasteiger partial charge >= 0.3 is 0 Å². The lowest BCUT2D eigenvalue weighted by Gasteiger charge is -2.17. The predicted octanol–water partition coefficient (Wildman–Crippen LogP) is 1.16. The zero-order chi connectivity index (χ0) is 17.4. The Balaban J connectivity index is 1.61. The number of nitrogens with two attached hydrogens (primary N) is 1. The molecule has 1 aromatic heterocycles. The van der Waals surface area contributed by atoms with Crippen LogP contribution < -0.4 is 11.3 Å². The number of hydrogen-bond acceptors (Lipinski definition) is 5. The first-order valence-electron chi connectivity index (χ1n) is 8.46. The van der Waals surface area contributed by atoms with E-state index in [2.05, 4.69) is 17.1 Å². The van der Waals surface area contributed by atoms with Crippen molar-refractivity contribution in [1.82, 2.24) is 14.5 Å². The Bertz CT molecular complexity index is 852. The lowest BCUT2D eigenvalue weighted by Crippen LogP contribution is -2.36. The van der Waals surface area contributed by atoms with Crippen molar-refractivity contribution in [2.45, 2.75) is 17.6 Å². The fourth-order valence-electron chi connectivity index (χ4n) is 3.69. The van der Waals surface area contributed by atoms with Gasteiger partial charge in [-0.2, -0.15) is 0 Å². The molecule has 1 fully saturated rings. The van der Waals surface area contributed by atoms with E-state index in [-0.39, 0.29) is 28.9 Å². The van der Waals surface area contributed by atoms with Crippen LogP contribution in [0.3, 0.4) is 0 Å². The summed E-state index contributed by atoms with van der Waals surface area (Å²) in [4.78, 5) is 31.6. The topological polar surface area (TPSA) is 81.2 Å². The normalized spacial score (nSPS) is 22.2. The number of rotatable bonds is 3. The average Bonchev–Trinajstić information content (AvgIpc) is 3.29. The molecule has 25 heavy (non-hydrogen) atoms. The Kier molecular flexibility index (Phi) is 4.35. The summed E-state index contributed by atoms with van der Waals surface area (Å²) in [6.07, 6.45) is 1.43. The van der Waals surface area contributed by atoms with Crippen LogP contribution in [-0.4, -0.2) is 45.7 Å². The quantitative estimate of drug-likeness (QED) is 0.835. The highest BCUT2D eigenvalue weighted by atomic mass is 32.2. The number of likely N-dealkylation sites (tertiary alicyclic amines) is 1. The van der Waals surface area contributed by atoms with Crippen LogP contribution in [0.1, 0.15) is 21.8 Å². The van der Waals surface area contributed by atoms with Crippen molar-refractivity contribution in [3.8, 4) is 0 Å². The first-order valence-corrected chi connectivity index (χ1v) is 9.44. The van der Waals surface area contributed by atoms with E-state index < -0.39 is 0 Å². The van der Waals surface area contributed by atoms with Gasteiger partial charge in [0, 0.05) is 37.5 Å². The van der Waals surface area contributed by atoms with Crippen LogP contribution in [0.25, 0.3) is 0 Å². The van der Waals surface area contributed by atoms with Gasteiger partial charge in [0.1, 0.15) is 5.56 Å². The van der Waals surface area contributed by atoms with Gasteiger partial charge in [0.15, 0.2) is 5.16 Å². The van der Waals surface area contributed by atoms with E-state index in [0.29, 0.717) is 31.3 Å². The summed E-state index contributed by atoms with van der Waals surface area (Å²) in [6.45, 7) is 2.29. The van der Waals surface area contributed by atoms with Crippen molar-refractivity contribution in [2.75, 3.05) is 25.4 Å². The van der Waals surface area contributed by atoms with Gasteiger partial charge in [0.2, 0.25) is 0 Å². The Morgan fingerprint density at radius 2 is 2.08 bits per heavy atom. The van der Waals surface area contributed by atoms with Crippen LogP contribution in [0, 0.1) is 5.92 Å². The molecule has 0 radical (unpaired) electrons. The molecule has 0 bridgehead atoms. The van der Waals surface area contributed by atoms with Crippen molar-refractivity contribution >= 4 is 17.7 Å². The van der Waals surface area contributed by atoms with E-state index in [0.717, 1.165) is 5.75 Å². The van der Waals surface area contributed by atoms with Crippen molar-refractivity contribution in [3.05, 3.63) is 58.0 Å². The number of carbonyl (C=O) groups is 1. The first kappa shape index (κ1) is 16.4. The van der Waals surface area contributed by atoms with Gasteiger partial charge in [-0.15, -0.1) is 0 Å². The molecule has 2 N–H and O–H groups in total. The third kappa shape index (κ3) is 2.87. The monoisotopic (exact) mass is 356 g/mol. The largest absolute Gasteiger partial charge is 0.337 e. The molecule has 6 nitrogen and oxygen atoms in total. The molecule has 0 saturated carbocycles. The van der Waals surface area contributed by atoms with Crippen LogP contribution in [0.4, 0.5) is 0 Å².